The van der Waals surface area contributed by atoms with Gasteiger partial charge in [-0.1, -0.05) is 0 Å². The average molecular weight is 297 g/mol. The van der Waals surface area contributed by atoms with E-state index in [1.165, 1.54) is 0 Å². The molecule has 0 N–H and O–H groups in total. The van der Waals surface area contributed by atoms with Gasteiger partial charge in [-0.15, -0.1) is 0 Å². The number of nitrogens with zero attached hydrogens (tertiary/aromatic N) is 5. The molecule has 1 aliphatic rings. The first-order valence-corrected chi connectivity index (χ1v) is 6.93. The van der Waals surface area contributed by atoms with Crippen LogP contribution in [-0.2, 0) is 0 Å². The largest absolute Gasteiger partial charge is 0.494 e. The van der Waals surface area contributed by atoms with Gasteiger partial charge in [-0.3, -0.25) is 0 Å². The first kappa shape index (κ1) is 14.1. The smallest absolute Gasteiger partial charge is 0.316 e. The van der Waals surface area contributed by atoms with Crippen molar-refractivity contribution in [3.8, 4) is 17.8 Å². The highest BCUT2D eigenvalue weighted by atomic mass is 16.5. The van der Waals surface area contributed by atoms with Crippen LogP contribution in [0, 0.1) is 11.3 Å². The highest BCUT2D eigenvalue weighted by molar-refractivity contribution is 5.56. The van der Waals surface area contributed by atoms with Crippen molar-refractivity contribution in [3.63, 3.8) is 0 Å². The number of hydrogen-bond donors (Lipinski definition) is 0. The molecule has 0 spiro atoms. The number of ether oxygens (including phenoxy) is 2. The minimum absolute atomic E-state index is 0.0138. The third-order valence-electron chi connectivity index (χ3n) is 3.49. The molecule has 1 aliphatic heterocycles. The maximum atomic E-state index is 9.13. The van der Waals surface area contributed by atoms with E-state index >= 15 is 0 Å². The summed E-state index contributed by atoms with van der Waals surface area (Å²) in [5.74, 6) is 0.592. The van der Waals surface area contributed by atoms with Gasteiger partial charge in [0, 0.05) is 19.2 Å². The zero-order valence-corrected chi connectivity index (χ0v) is 12.1. The van der Waals surface area contributed by atoms with Crippen molar-refractivity contribution >= 4 is 5.69 Å². The van der Waals surface area contributed by atoms with Crippen molar-refractivity contribution in [3.05, 3.63) is 36.4 Å². The topological polar surface area (TPSA) is 84.2 Å². The van der Waals surface area contributed by atoms with E-state index in [4.69, 9.17) is 14.7 Å². The maximum Gasteiger partial charge on any atom is 0.316 e. The number of rotatable bonds is 4. The molecule has 2 aromatic rings. The lowest BCUT2D eigenvalue weighted by molar-refractivity contribution is 0.205. The van der Waals surface area contributed by atoms with Crippen LogP contribution in [0.5, 0.6) is 11.8 Å². The monoisotopic (exact) mass is 297 g/mol. The summed E-state index contributed by atoms with van der Waals surface area (Å²) in [6, 6.07) is 6.18. The molecule has 1 atom stereocenters. The molecule has 0 radical (unpaired) electrons. The number of nitriles is 1. The maximum absolute atomic E-state index is 9.13. The van der Waals surface area contributed by atoms with E-state index in [1.54, 1.807) is 25.7 Å². The second-order valence-electron chi connectivity index (χ2n) is 4.86. The highest BCUT2D eigenvalue weighted by Gasteiger charge is 2.26. The summed E-state index contributed by atoms with van der Waals surface area (Å²) in [5.41, 5.74) is 1.27. The van der Waals surface area contributed by atoms with E-state index in [9.17, 15) is 0 Å². The molecule has 0 amide bonds. The Morgan fingerprint density at radius 2 is 2.14 bits per heavy atom. The van der Waals surface area contributed by atoms with E-state index in [2.05, 4.69) is 25.9 Å². The molecule has 22 heavy (non-hydrogen) atoms. The van der Waals surface area contributed by atoms with Crippen LogP contribution in [0.3, 0.4) is 0 Å². The summed E-state index contributed by atoms with van der Waals surface area (Å²) in [7, 11) is 1.56. The zero-order valence-electron chi connectivity index (χ0n) is 12.1. The number of hydrogen-bond acceptors (Lipinski definition) is 7. The van der Waals surface area contributed by atoms with Crippen molar-refractivity contribution in [2.75, 3.05) is 25.1 Å². The molecule has 3 heterocycles. The fourth-order valence-electron chi connectivity index (χ4n) is 2.40. The molecule has 1 unspecified atom stereocenters. The van der Waals surface area contributed by atoms with Gasteiger partial charge in [0.1, 0.15) is 12.2 Å². The van der Waals surface area contributed by atoms with Crippen LogP contribution in [0.15, 0.2) is 30.7 Å². The molecule has 7 heteroatoms. The van der Waals surface area contributed by atoms with Crippen LogP contribution in [0.25, 0.3) is 0 Å². The molecule has 112 valence electrons. The molecule has 0 aliphatic carbocycles. The van der Waals surface area contributed by atoms with E-state index < -0.39 is 0 Å². The van der Waals surface area contributed by atoms with E-state index in [-0.39, 0.29) is 6.10 Å². The number of anilines is 1. The van der Waals surface area contributed by atoms with Crippen molar-refractivity contribution in [1.82, 2.24) is 15.0 Å². The van der Waals surface area contributed by atoms with Crippen molar-refractivity contribution in [1.29, 1.82) is 5.26 Å². The normalized spacial score (nSPS) is 17.1. The Morgan fingerprint density at radius 1 is 1.32 bits per heavy atom. The van der Waals surface area contributed by atoms with E-state index in [1.807, 2.05) is 12.1 Å². The SMILES string of the molecule is COc1cnc(OC2CCN(c3cccnc3C#N)C2)nc1. The van der Waals surface area contributed by atoms with Crippen LogP contribution in [0.4, 0.5) is 5.69 Å². The van der Waals surface area contributed by atoms with Crippen molar-refractivity contribution < 1.29 is 9.47 Å². The van der Waals surface area contributed by atoms with Gasteiger partial charge in [0.15, 0.2) is 11.4 Å². The molecular weight excluding hydrogens is 282 g/mol. The van der Waals surface area contributed by atoms with Crippen molar-refractivity contribution in [2.45, 2.75) is 12.5 Å². The van der Waals surface area contributed by atoms with Gasteiger partial charge < -0.3 is 14.4 Å². The molecule has 0 bridgehead atoms. The molecule has 0 saturated carbocycles. The Kier molecular flexibility index (Phi) is 4.01. The predicted molar refractivity (Wildman–Crippen MR) is 78.8 cm³/mol. The van der Waals surface area contributed by atoms with Crippen LogP contribution in [0.1, 0.15) is 12.1 Å². The lowest BCUT2D eigenvalue weighted by atomic mass is 10.3. The number of pyridine rings is 1. The van der Waals surface area contributed by atoms with E-state index in [0.29, 0.717) is 24.0 Å². The van der Waals surface area contributed by atoms with Gasteiger partial charge in [0.2, 0.25) is 0 Å². The molecule has 7 nitrogen and oxygen atoms in total. The van der Waals surface area contributed by atoms with Crippen LogP contribution in [0.2, 0.25) is 0 Å². The second kappa shape index (κ2) is 6.26. The van der Waals surface area contributed by atoms with Gasteiger partial charge in [-0.05, 0) is 12.1 Å². The average Bonchev–Trinajstić information content (AvgIpc) is 3.04. The number of aromatic nitrogens is 3. The third-order valence-corrected chi connectivity index (χ3v) is 3.49. The quantitative estimate of drug-likeness (QED) is 0.843. The predicted octanol–water partition coefficient (Wildman–Crippen LogP) is 1.41. The Labute approximate surface area is 128 Å². The lowest BCUT2D eigenvalue weighted by Crippen LogP contribution is -2.25. The van der Waals surface area contributed by atoms with Crippen LogP contribution in [-0.4, -0.2) is 41.3 Å². The standard InChI is InChI=1S/C15H15N5O2/c1-21-12-8-18-15(19-9-12)22-11-4-6-20(10-11)14-3-2-5-17-13(14)7-16/h2-3,5,8-9,11H,4,6,10H2,1H3. The van der Waals surface area contributed by atoms with Crippen LogP contribution < -0.4 is 14.4 Å². The first-order chi connectivity index (χ1) is 10.8. The van der Waals surface area contributed by atoms with Crippen LogP contribution >= 0.6 is 0 Å². The fraction of sp³-hybridized carbons (Fsp3) is 0.333. The Morgan fingerprint density at radius 3 is 2.86 bits per heavy atom. The fourth-order valence-corrected chi connectivity index (χ4v) is 2.40. The summed E-state index contributed by atoms with van der Waals surface area (Å²) < 4.78 is 10.8. The van der Waals surface area contributed by atoms with Gasteiger partial charge >= 0.3 is 6.01 Å². The Hall–Kier alpha value is -2.88. The zero-order chi connectivity index (χ0) is 15.4. The van der Waals surface area contributed by atoms with E-state index in [0.717, 1.165) is 18.7 Å². The summed E-state index contributed by atoms with van der Waals surface area (Å²) in [5, 5.41) is 9.13. The van der Waals surface area contributed by atoms with Gasteiger partial charge in [0.05, 0.1) is 31.7 Å². The minimum atomic E-state index is -0.0138. The molecule has 1 fully saturated rings. The van der Waals surface area contributed by atoms with Crippen molar-refractivity contribution in [2.24, 2.45) is 0 Å². The first-order valence-electron chi connectivity index (χ1n) is 6.93. The summed E-state index contributed by atoms with van der Waals surface area (Å²) in [6.07, 6.45) is 5.60. The molecule has 0 aromatic carbocycles. The summed E-state index contributed by atoms with van der Waals surface area (Å²) >= 11 is 0. The Balaban J connectivity index is 1.66. The number of methoxy groups -OCH3 is 1. The summed E-state index contributed by atoms with van der Waals surface area (Å²) in [4.78, 5) is 14.4. The molecule has 2 aromatic heterocycles. The minimum Gasteiger partial charge on any atom is -0.494 e. The molecular formula is C15H15N5O2. The second-order valence-corrected chi connectivity index (χ2v) is 4.86. The summed E-state index contributed by atoms with van der Waals surface area (Å²) in [6.45, 7) is 1.48. The van der Waals surface area contributed by atoms with Gasteiger partial charge in [0.25, 0.3) is 0 Å². The third kappa shape index (κ3) is 2.91. The highest BCUT2D eigenvalue weighted by Crippen LogP contribution is 2.24. The Bertz CT molecular complexity index is 683. The van der Waals surface area contributed by atoms with Gasteiger partial charge in [-0.2, -0.15) is 15.2 Å². The lowest BCUT2D eigenvalue weighted by Gasteiger charge is -2.19. The molecule has 3 rings (SSSR count). The van der Waals surface area contributed by atoms with Gasteiger partial charge in [-0.25, -0.2) is 4.98 Å². The molecule has 1 saturated heterocycles.